The van der Waals surface area contributed by atoms with Crippen molar-refractivity contribution in [3.05, 3.63) is 29.8 Å². The van der Waals surface area contributed by atoms with Crippen LogP contribution in [0.1, 0.15) is 87.4 Å². The van der Waals surface area contributed by atoms with Crippen LogP contribution in [0.5, 0.6) is 5.75 Å². The number of nitrogens with one attached hydrogen (secondary N) is 1. The van der Waals surface area contributed by atoms with Gasteiger partial charge in [0.1, 0.15) is 17.6 Å². The number of aromatic carboxylic acids is 1. The Kier molecular flexibility index (Phi) is 18.3. The van der Waals surface area contributed by atoms with Gasteiger partial charge in [0.2, 0.25) is 5.91 Å². The lowest BCUT2D eigenvalue weighted by Gasteiger charge is -2.14. The van der Waals surface area contributed by atoms with E-state index in [0.717, 1.165) is 38.5 Å². The maximum Gasteiger partial charge on any atom is 0.335 e. The summed E-state index contributed by atoms with van der Waals surface area (Å²) in [5, 5.41) is 20.8. The number of benzene rings is 1. The zero-order chi connectivity index (χ0) is 28.0. The Labute approximate surface area is 225 Å². The van der Waals surface area contributed by atoms with Gasteiger partial charge in [-0.3, -0.25) is 9.59 Å². The van der Waals surface area contributed by atoms with Gasteiger partial charge in [-0.1, -0.05) is 32.1 Å². The van der Waals surface area contributed by atoms with Crippen molar-refractivity contribution in [3.8, 4) is 5.75 Å². The molecule has 0 spiro atoms. The topological polar surface area (TPSA) is 148 Å². The van der Waals surface area contributed by atoms with E-state index in [9.17, 15) is 24.3 Å². The number of carboxylic acids is 2. The molecule has 0 aliphatic carbocycles. The zero-order valence-electron chi connectivity index (χ0n) is 22.5. The Morgan fingerprint density at radius 1 is 0.763 bits per heavy atom. The number of ether oxygens (including phenoxy) is 3. The Morgan fingerprint density at radius 2 is 1.42 bits per heavy atom. The van der Waals surface area contributed by atoms with Crippen molar-refractivity contribution >= 4 is 23.6 Å². The molecule has 214 valence electrons. The van der Waals surface area contributed by atoms with Gasteiger partial charge in [-0.05, 0) is 49.9 Å². The number of aliphatic carboxylic acids is 1. The molecule has 0 unspecified atom stereocenters. The van der Waals surface area contributed by atoms with E-state index < -0.39 is 18.0 Å². The Bertz CT molecular complexity index is 826. The lowest BCUT2D eigenvalue weighted by atomic mass is 10.1. The third kappa shape index (κ3) is 16.7. The van der Waals surface area contributed by atoms with E-state index in [0.29, 0.717) is 51.4 Å². The van der Waals surface area contributed by atoms with E-state index in [-0.39, 0.29) is 36.5 Å². The predicted octanol–water partition coefficient (Wildman–Crippen LogP) is 4.25. The van der Waals surface area contributed by atoms with Gasteiger partial charge in [-0.25, -0.2) is 9.59 Å². The minimum absolute atomic E-state index is 0.0400. The lowest BCUT2D eigenvalue weighted by Crippen LogP contribution is -2.41. The predicted molar refractivity (Wildman–Crippen MR) is 142 cm³/mol. The zero-order valence-corrected chi connectivity index (χ0v) is 22.5. The smallest absolute Gasteiger partial charge is 0.335 e. The van der Waals surface area contributed by atoms with E-state index in [1.807, 2.05) is 0 Å². The number of ketones is 1. The van der Waals surface area contributed by atoms with Crippen LogP contribution in [0.15, 0.2) is 24.3 Å². The summed E-state index contributed by atoms with van der Waals surface area (Å²) >= 11 is 0. The summed E-state index contributed by atoms with van der Waals surface area (Å²) in [6.07, 6.45) is 7.97. The number of rotatable bonds is 24. The molecule has 10 nitrogen and oxygen atoms in total. The van der Waals surface area contributed by atoms with Crippen LogP contribution in [0.3, 0.4) is 0 Å². The molecule has 38 heavy (non-hydrogen) atoms. The van der Waals surface area contributed by atoms with Crippen LogP contribution in [0, 0.1) is 0 Å². The highest BCUT2D eigenvalue weighted by Gasteiger charge is 2.20. The normalized spacial score (nSPS) is 11.6. The SMILES string of the molecule is COCCOCCCC(=O)CC[C@H](NC(=O)CCCCCCCCCOc1ccc(C(=O)O)cc1)C(=O)O. The van der Waals surface area contributed by atoms with Crippen LogP contribution in [-0.2, 0) is 23.9 Å². The number of carboxylic acid groups (broad SMARTS) is 2. The maximum atomic E-state index is 12.1. The molecule has 1 rings (SSSR count). The molecule has 1 aromatic carbocycles. The van der Waals surface area contributed by atoms with Gasteiger partial charge >= 0.3 is 11.9 Å². The molecule has 0 aliphatic rings. The number of carbonyl (C=O) groups is 4. The summed E-state index contributed by atoms with van der Waals surface area (Å²) in [6.45, 7) is 2.00. The van der Waals surface area contributed by atoms with Gasteiger partial charge in [0.15, 0.2) is 0 Å². The van der Waals surface area contributed by atoms with Crippen molar-refractivity contribution in [2.24, 2.45) is 0 Å². The van der Waals surface area contributed by atoms with E-state index in [4.69, 9.17) is 19.3 Å². The average molecular weight is 538 g/mol. The van der Waals surface area contributed by atoms with Crippen LogP contribution < -0.4 is 10.1 Å². The third-order valence-electron chi connectivity index (χ3n) is 5.94. The number of Topliss-reactive ketones (excluding diaryl/α,β-unsaturated/α-hetero) is 1. The largest absolute Gasteiger partial charge is 0.494 e. The van der Waals surface area contributed by atoms with E-state index in [1.54, 1.807) is 19.2 Å². The number of unbranched alkanes of at least 4 members (excludes halogenated alkanes) is 6. The standard InChI is InChI=1S/C28H43NO9/c1-36-20-21-37-18-9-10-23(30)14-17-25(28(34)35)29-26(31)11-7-5-3-2-4-6-8-19-38-24-15-12-22(13-16-24)27(32)33/h12-13,15-16,25H,2-11,14,17-21H2,1H3,(H,29,31)(H,32,33)(H,34,35)/t25-/m0/s1. The molecule has 3 N–H and O–H groups in total. The molecule has 0 heterocycles. The summed E-state index contributed by atoms with van der Waals surface area (Å²) < 4.78 is 15.8. The monoisotopic (exact) mass is 537 g/mol. The van der Waals surface area contributed by atoms with Crippen molar-refractivity contribution in [1.82, 2.24) is 5.32 Å². The van der Waals surface area contributed by atoms with E-state index >= 15 is 0 Å². The van der Waals surface area contributed by atoms with Crippen molar-refractivity contribution in [3.63, 3.8) is 0 Å². The van der Waals surface area contributed by atoms with Gasteiger partial charge in [0, 0.05) is 33.0 Å². The fraction of sp³-hybridized carbons (Fsp3) is 0.643. The van der Waals surface area contributed by atoms with Crippen molar-refractivity contribution in [2.75, 3.05) is 33.5 Å². The number of hydrogen-bond donors (Lipinski definition) is 3. The summed E-state index contributed by atoms with van der Waals surface area (Å²) in [7, 11) is 1.59. The number of carbonyl (C=O) groups excluding carboxylic acids is 2. The summed E-state index contributed by atoms with van der Waals surface area (Å²) in [5.41, 5.74) is 0.232. The molecule has 0 radical (unpaired) electrons. The van der Waals surface area contributed by atoms with Crippen LogP contribution >= 0.6 is 0 Å². The van der Waals surface area contributed by atoms with Crippen LogP contribution in [0.2, 0.25) is 0 Å². The number of amides is 1. The van der Waals surface area contributed by atoms with Gasteiger partial charge < -0.3 is 29.7 Å². The molecule has 0 bridgehead atoms. The number of hydrogen-bond acceptors (Lipinski definition) is 7. The Hall–Kier alpha value is -2.98. The van der Waals surface area contributed by atoms with E-state index in [2.05, 4.69) is 5.32 Å². The molecule has 1 atom stereocenters. The summed E-state index contributed by atoms with van der Waals surface area (Å²) in [6, 6.07) is 5.29. The van der Waals surface area contributed by atoms with Gasteiger partial charge in [-0.2, -0.15) is 0 Å². The highest BCUT2D eigenvalue weighted by molar-refractivity contribution is 5.87. The molecule has 0 fully saturated rings. The van der Waals surface area contributed by atoms with Gasteiger partial charge in [-0.15, -0.1) is 0 Å². The van der Waals surface area contributed by atoms with Crippen LogP contribution in [0.4, 0.5) is 0 Å². The molecule has 0 aliphatic heterocycles. The second-order valence-corrected chi connectivity index (χ2v) is 9.15. The third-order valence-corrected chi connectivity index (χ3v) is 5.94. The fourth-order valence-corrected chi connectivity index (χ4v) is 3.73. The minimum atomic E-state index is -1.13. The molecule has 0 saturated carbocycles. The highest BCUT2D eigenvalue weighted by atomic mass is 16.5. The first-order valence-corrected chi connectivity index (χ1v) is 13.4. The van der Waals surface area contributed by atoms with Crippen LogP contribution in [-0.4, -0.2) is 73.4 Å². The average Bonchev–Trinajstić information content (AvgIpc) is 2.89. The molecule has 1 aromatic rings. The first kappa shape index (κ1) is 33.0. The second-order valence-electron chi connectivity index (χ2n) is 9.15. The number of methoxy groups -OCH3 is 1. The van der Waals surface area contributed by atoms with Crippen molar-refractivity contribution in [2.45, 2.75) is 83.1 Å². The first-order valence-electron chi connectivity index (χ1n) is 13.4. The maximum absolute atomic E-state index is 12.1. The first-order chi connectivity index (χ1) is 18.3. The lowest BCUT2D eigenvalue weighted by molar-refractivity contribution is -0.142. The molecule has 0 saturated heterocycles. The molecular weight excluding hydrogens is 494 g/mol. The molecule has 1 amide bonds. The Balaban J connectivity index is 2.04. The fourth-order valence-electron chi connectivity index (χ4n) is 3.73. The quantitative estimate of drug-likeness (QED) is 0.165. The van der Waals surface area contributed by atoms with Crippen molar-refractivity contribution in [1.29, 1.82) is 0 Å². The highest BCUT2D eigenvalue weighted by Crippen LogP contribution is 2.14. The summed E-state index contributed by atoms with van der Waals surface area (Å²) in [5.74, 6) is -1.77. The Morgan fingerprint density at radius 3 is 2.05 bits per heavy atom. The molecular formula is C28H43NO9. The molecule has 10 heteroatoms. The second kappa shape index (κ2) is 21.0. The summed E-state index contributed by atoms with van der Waals surface area (Å²) in [4.78, 5) is 46.4. The van der Waals surface area contributed by atoms with Gasteiger partial charge in [0.05, 0.1) is 25.4 Å². The molecule has 0 aromatic heterocycles. The van der Waals surface area contributed by atoms with Crippen molar-refractivity contribution < 1.29 is 43.6 Å². The van der Waals surface area contributed by atoms with Crippen LogP contribution in [0.25, 0.3) is 0 Å². The van der Waals surface area contributed by atoms with E-state index in [1.165, 1.54) is 12.1 Å². The van der Waals surface area contributed by atoms with Gasteiger partial charge in [0.25, 0.3) is 0 Å². The minimum Gasteiger partial charge on any atom is -0.494 e.